The van der Waals surface area contributed by atoms with Crippen LogP contribution in [0, 0.1) is 0 Å². The molecule has 0 saturated carbocycles. The molecule has 3 aromatic rings. The Hall–Kier alpha value is -3.57. The van der Waals surface area contributed by atoms with E-state index in [0.29, 0.717) is 17.2 Å². The topological polar surface area (TPSA) is 67.4 Å². The van der Waals surface area contributed by atoms with Gasteiger partial charge in [0, 0.05) is 17.1 Å². The number of carbonyl (C=O) groups is 2. The Bertz CT molecular complexity index is 1060. The Labute approximate surface area is 186 Å². The Kier molecular flexibility index (Phi) is 7.85. The van der Waals surface area contributed by atoms with E-state index in [0.717, 1.165) is 16.9 Å². The van der Waals surface area contributed by atoms with Crippen molar-refractivity contribution in [3.63, 3.8) is 0 Å². The van der Waals surface area contributed by atoms with Gasteiger partial charge < -0.3 is 15.4 Å². The third-order valence-electron chi connectivity index (χ3n) is 4.43. The van der Waals surface area contributed by atoms with Gasteiger partial charge in [0.25, 0.3) is 11.8 Å². The molecule has 158 valence electrons. The lowest BCUT2D eigenvalue weighted by molar-refractivity contribution is -0.117. The average Bonchev–Trinajstić information content (AvgIpc) is 2.80. The summed E-state index contributed by atoms with van der Waals surface area (Å²) in [5.41, 5.74) is 2.12. The minimum absolute atomic E-state index is 0.130. The molecule has 0 saturated heterocycles. The average molecular weight is 435 g/mol. The molecule has 0 bridgehead atoms. The zero-order chi connectivity index (χ0) is 22.1. The van der Waals surface area contributed by atoms with Crippen molar-refractivity contribution < 1.29 is 14.3 Å². The van der Waals surface area contributed by atoms with Crippen LogP contribution in [0.3, 0.4) is 0 Å². The van der Waals surface area contributed by atoms with E-state index in [4.69, 9.17) is 16.3 Å². The van der Waals surface area contributed by atoms with Gasteiger partial charge in [-0.3, -0.25) is 9.59 Å². The highest BCUT2D eigenvalue weighted by Gasteiger charge is 2.15. The summed E-state index contributed by atoms with van der Waals surface area (Å²) in [5, 5.41) is 6.10. The van der Waals surface area contributed by atoms with Gasteiger partial charge in [0.1, 0.15) is 11.4 Å². The summed E-state index contributed by atoms with van der Waals surface area (Å²) in [6.07, 6.45) is 1.62. The van der Waals surface area contributed by atoms with Gasteiger partial charge in [-0.2, -0.15) is 0 Å². The van der Waals surface area contributed by atoms with Crippen molar-refractivity contribution in [2.45, 2.75) is 13.5 Å². The first-order chi connectivity index (χ1) is 15.1. The van der Waals surface area contributed by atoms with Crippen LogP contribution in [0.4, 0.5) is 0 Å². The second-order valence-corrected chi connectivity index (χ2v) is 7.06. The van der Waals surface area contributed by atoms with Crippen LogP contribution in [0.15, 0.2) is 84.6 Å². The molecule has 0 unspecified atom stereocenters. The summed E-state index contributed by atoms with van der Waals surface area (Å²) in [6.45, 7) is 2.71. The quantitative estimate of drug-likeness (QED) is 0.499. The van der Waals surface area contributed by atoms with Crippen molar-refractivity contribution >= 4 is 29.5 Å². The Morgan fingerprint density at radius 2 is 1.61 bits per heavy atom. The van der Waals surface area contributed by atoms with Crippen LogP contribution >= 0.6 is 11.6 Å². The number of nitrogens with one attached hydrogen (secondary N) is 2. The molecule has 0 fully saturated rings. The van der Waals surface area contributed by atoms with Crippen LogP contribution in [-0.2, 0) is 11.3 Å². The fourth-order valence-electron chi connectivity index (χ4n) is 2.85. The van der Waals surface area contributed by atoms with Gasteiger partial charge in [0.05, 0.1) is 6.61 Å². The lowest BCUT2D eigenvalue weighted by Crippen LogP contribution is -2.34. The second-order valence-electron chi connectivity index (χ2n) is 6.65. The zero-order valence-electron chi connectivity index (χ0n) is 17.1. The molecule has 0 aliphatic heterocycles. The molecule has 2 N–H and O–H groups in total. The number of halogens is 1. The van der Waals surface area contributed by atoms with E-state index in [9.17, 15) is 9.59 Å². The van der Waals surface area contributed by atoms with Gasteiger partial charge >= 0.3 is 0 Å². The number of hydrogen-bond acceptors (Lipinski definition) is 3. The molecule has 5 nitrogen and oxygen atoms in total. The maximum absolute atomic E-state index is 12.9. The van der Waals surface area contributed by atoms with Crippen LogP contribution in [0.25, 0.3) is 6.08 Å². The van der Waals surface area contributed by atoms with Crippen molar-refractivity contribution in [1.82, 2.24) is 10.6 Å². The fourth-order valence-corrected chi connectivity index (χ4v) is 3.05. The molecule has 3 rings (SSSR count). The van der Waals surface area contributed by atoms with E-state index in [-0.39, 0.29) is 18.1 Å². The van der Waals surface area contributed by atoms with E-state index in [1.54, 1.807) is 36.4 Å². The van der Waals surface area contributed by atoms with Crippen LogP contribution in [0.5, 0.6) is 5.75 Å². The van der Waals surface area contributed by atoms with Gasteiger partial charge in [0.15, 0.2) is 0 Å². The van der Waals surface area contributed by atoms with Crippen molar-refractivity contribution in [1.29, 1.82) is 0 Å². The smallest absolute Gasteiger partial charge is 0.268 e. The summed E-state index contributed by atoms with van der Waals surface area (Å²) in [6, 6.07) is 23.3. The maximum Gasteiger partial charge on any atom is 0.268 e. The number of ether oxygens (including phenoxy) is 1. The van der Waals surface area contributed by atoms with Crippen LogP contribution < -0.4 is 15.4 Å². The number of hydrogen-bond donors (Lipinski definition) is 2. The molecule has 3 aromatic carbocycles. The highest BCUT2D eigenvalue weighted by atomic mass is 35.5. The van der Waals surface area contributed by atoms with Crippen LogP contribution in [0.2, 0.25) is 5.02 Å². The molecule has 6 heteroatoms. The first-order valence-corrected chi connectivity index (χ1v) is 10.3. The molecular formula is C25H23ClN2O3. The molecule has 0 heterocycles. The summed E-state index contributed by atoms with van der Waals surface area (Å²) < 4.78 is 5.45. The van der Waals surface area contributed by atoms with Gasteiger partial charge in [-0.1, -0.05) is 60.1 Å². The van der Waals surface area contributed by atoms with E-state index in [1.165, 1.54) is 0 Å². The van der Waals surface area contributed by atoms with Gasteiger partial charge in [-0.15, -0.1) is 0 Å². The van der Waals surface area contributed by atoms with E-state index in [1.807, 2.05) is 55.5 Å². The zero-order valence-corrected chi connectivity index (χ0v) is 17.9. The third-order valence-corrected chi connectivity index (χ3v) is 4.80. The Morgan fingerprint density at radius 1 is 0.935 bits per heavy atom. The van der Waals surface area contributed by atoms with E-state index in [2.05, 4.69) is 10.6 Å². The summed E-state index contributed by atoms with van der Waals surface area (Å²) >= 11 is 6.17. The highest BCUT2D eigenvalue weighted by molar-refractivity contribution is 6.31. The van der Waals surface area contributed by atoms with E-state index >= 15 is 0 Å². The minimum Gasteiger partial charge on any atom is -0.494 e. The number of rotatable bonds is 8. The van der Waals surface area contributed by atoms with Gasteiger partial charge in [0.2, 0.25) is 0 Å². The SMILES string of the molecule is CCOc1ccc(C=C(NC(=O)c2ccccc2)C(=O)NCc2ccccc2Cl)cc1. The maximum atomic E-state index is 12.9. The van der Waals surface area contributed by atoms with Crippen LogP contribution in [0.1, 0.15) is 28.4 Å². The van der Waals surface area contributed by atoms with E-state index < -0.39 is 5.91 Å². The molecular weight excluding hydrogens is 412 g/mol. The molecule has 0 radical (unpaired) electrons. The Balaban J connectivity index is 1.81. The summed E-state index contributed by atoms with van der Waals surface area (Å²) in [4.78, 5) is 25.6. The number of amides is 2. The second kappa shape index (κ2) is 11.0. The molecule has 0 aromatic heterocycles. The van der Waals surface area contributed by atoms with Crippen molar-refractivity contribution in [2.24, 2.45) is 0 Å². The largest absolute Gasteiger partial charge is 0.494 e. The molecule has 2 amide bonds. The van der Waals surface area contributed by atoms with Gasteiger partial charge in [-0.25, -0.2) is 0 Å². The first-order valence-electron chi connectivity index (χ1n) is 9.89. The highest BCUT2D eigenvalue weighted by Crippen LogP contribution is 2.16. The third kappa shape index (κ3) is 6.46. The van der Waals surface area contributed by atoms with Crippen molar-refractivity contribution in [2.75, 3.05) is 6.61 Å². The molecule has 0 atom stereocenters. The molecule has 0 spiro atoms. The summed E-state index contributed by atoms with van der Waals surface area (Å²) in [5.74, 6) is -0.0542. The van der Waals surface area contributed by atoms with Crippen molar-refractivity contribution in [3.05, 3.63) is 106 Å². The van der Waals surface area contributed by atoms with Crippen LogP contribution in [-0.4, -0.2) is 18.4 Å². The standard InChI is InChI=1S/C25H23ClN2O3/c1-2-31-21-14-12-18(13-15-21)16-23(28-24(29)19-8-4-3-5-9-19)25(30)27-17-20-10-6-7-11-22(20)26/h3-16H,2,17H2,1H3,(H,27,30)(H,28,29). The predicted octanol–water partition coefficient (Wildman–Crippen LogP) is 4.83. The number of carbonyl (C=O) groups excluding carboxylic acids is 2. The molecule has 0 aliphatic carbocycles. The first kappa shape index (κ1) is 22.1. The van der Waals surface area contributed by atoms with Crippen molar-refractivity contribution in [3.8, 4) is 5.75 Å². The predicted molar refractivity (Wildman–Crippen MR) is 123 cm³/mol. The number of benzene rings is 3. The monoisotopic (exact) mass is 434 g/mol. The minimum atomic E-state index is -0.418. The lowest BCUT2D eigenvalue weighted by Gasteiger charge is -2.12. The molecule has 31 heavy (non-hydrogen) atoms. The molecule has 0 aliphatic rings. The fraction of sp³-hybridized carbons (Fsp3) is 0.120. The summed E-state index contributed by atoms with van der Waals surface area (Å²) in [7, 11) is 0. The normalized spacial score (nSPS) is 11.0. The Morgan fingerprint density at radius 3 is 2.29 bits per heavy atom. The lowest BCUT2D eigenvalue weighted by atomic mass is 10.1. The van der Waals surface area contributed by atoms with Gasteiger partial charge in [-0.05, 0) is 54.5 Å².